The zero-order chi connectivity index (χ0) is 12.4. The molecule has 0 aliphatic carbocycles. The Bertz CT molecular complexity index is 151. The first-order valence-corrected chi connectivity index (χ1v) is 5.01. The molecule has 0 saturated heterocycles. The number of hydrogen-bond donors (Lipinski definition) is 0. The molecule has 0 amide bonds. The zero-order valence-corrected chi connectivity index (χ0v) is 11.3. The van der Waals surface area contributed by atoms with E-state index in [1.165, 1.54) is 10.8 Å². The summed E-state index contributed by atoms with van der Waals surface area (Å²) < 4.78 is 0. The van der Waals surface area contributed by atoms with Crippen LogP contribution in [-0.2, 0) is 42.3 Å². The fraction of sp³-hybridized carbons (Fsp3) is 0.750. The first-order valence-electron chi connectivity index (χ1n) is 4.20. The van der Waals surface area contributed by atoms with Gasteiger partial charge in [0, 0.05) is 17.1 Å². The van der Waals surface area contributed by atoms with Gasteiger partial charge in [-0.2, -0.15) is 26.2 Å². The van der Waals surface area contributed by atoms with E-state index < -0.39 is 0 Å². The van der Waals surface area contributed by atoms with Crippen molar-refractivity contribution in [3.63, 3.8) is 0 Å². The van der Waals surface area contributed by atoms with Gasteiger partial charge in [-0.3, -0.25) is 0 Å². The molecule has 1 radical (unpaired) electrons. The Morgan fingerprint density at radius 1 is 0.938 bits per heavy atom. The molecule has 0 aromatic rings. The molecule has 0 atom stereocenters. The normalized spacial score (nSPS) is 6.50. The van der Waals surface area contributed by atoms with Crippen LogP contribution >= 0.6 is 0 Å². The van der Waals surface area contributed by atoms with Crippen LogP contribution in [0.2, 0.25) is 0 Å². The van der Waals surface area contributed by atoms with Gasteiger partial charge >= 0.3 is 0 Å². The molecule has 16 heavy (non-hydrogen) atoms. The van der Waals surface area contributed by atoms with Crippen LogP contribution in [0.4, 0.5) is 0 Å². The Balaban J connectivity index is -0.0000000870. The van der Waals surface area contributed by atoms with Crippen LogP contribution < -0.4 is 0 Å². The van der Waals surface area contributed by atoms with E-state index in [4.69, 9.17) is 22.0 Å². The molecule has 5 nitrogen and oxygen atoms in total. The van der Waals surface area contributed by atoms with Gasteiger partial charge in [-0.15, -0.1) is 0 Å². The van der Waals surface area contributed by atoms with Gasteiger partial charge < -0.3 is 42.0 Å². The molecule has 99 valence electrons. The predicted molar refractivity (Wildman–Crippen MR) is 66.7 cm³/mol. The summed E-state index contributed by atoms with van der Waals surface area (Å²) in [7, 11) is 0. The largest absolute Gasteiger partial charge is 0.696 e. The SMILES string of the molecule is N#C[S-].N#C[S-].[Cu].[NH-]CCC[N-]CCC[NH-]. The number of rotatable bonds is 6. The van der Waals surface area contributed by atoms with Gasteiger partial charge in [-0.1, -0.05) is 23.6 Å². The zero-order valence-electron chi connectivity index (χ0n) is 8.70. The summed E-state index contributed by atoms with van der Waals surface area (Å²) in [6.07, 6.45) is 1.75. The molecule has 8 heteroatoms. The van der Waals surface area contributed by atoms with Crippen molar-refractivity contribution in [2.75, 3.05) is 26.2 Å². The van der Waals surface area contributed by atoms with E-state index in [2.05, 4.69) is 30.6 Å². The first kappa shape index (κ1) is 24.9. The number of thiocyanates is 2. The predicted octanol–water partition coefficient (Wildman–Crippen LogP) is 2.27. The molecule has 0 fully saturated rings. The minimum absolute atomic E-state index is 0. The van der Waals surface area contributed by atoms with Crippen molar-refractivity contribution in [2.45, 2.75) is 12.8 Å². The quantitative estimate of drug-likeness (QED) is 0.324. The third-order valence-electron chi connectivity index (χ3n) is 0.986. The molecule has 2 N–H and O–H groups in total. The number of nitrogens with zero attached hydrogens (tertiary/aromatic N) is 3. The van der Waals surface area contributed by atoms with Gasteiger partial charge in [0.1, 0.15) is 0 Å². The van der Waals surface area contributed by atoms with Crippen LogP contribution in [0.25, 0.3) is 16.8 Å². The average molecular weight is 308 g/mol. The van der Waals surface area contributed by atoms with E-state index >= 15 is 0 Å². The van der Waals surface area contributed by atoms with Gasteiger partial charge in [0.15, 0.2) is 0 Å². The van der Waals surface area contributed by atoms with Crippen LogP contribution in [0.5, 0.6) is 0 Å². The van der Waals surface area contributed by atoms with Crippen molar-refractivity contribution in [3.05, 3.63) is 16.8 Å². The Hall–Kier alpha value is -0.181. The smallest absolute Gasteiger partial charge is 0 e. The van der Waals surface area contributed by atoms with Crippen molar-refractivity contribution in [1.29, 1.82) is 10.5 Å². The van der Waals surface area contributed by atoms with E-state index in [1.54, 1.807) is 0 Å². The van der Waals surface area contributed by atoms with E-state index in [9.17, 15) is 0 Å². The molecule has 0 spiro atoms. The van der Waals surface area contributed by atoms with Crippen LogP contribution in [0.15, 0.2) is 0 Å². The van der Waals surface area contributed by atoms with Crippen LogP contribution in [0.1, 0.15) is 12.8 Å². The summed E-state index contributed by atoms with van der Waals surface area (Å²) in [6, 6.07) is 0. The van der Waals surface area contributed by atoms with Gasteiger partial charge in [-0.05, 0) is 0 Å². The molecule has 0 aromatic heterocycles. The summed E-state index contributed by atoms with van der Waals surface area (Å²) in [4.78, 5) is 0. The topological polar surface area (TPSA) is 109 Å². The van der Waals surface area contributed by atoms with Crippen molar-refractivity contribution in [1.82, 2.24) is 0 Å². The molecule has 0 rings (SSSR count). The van der Waals surface area contributed by atoms with Gasteiger partial charge in [0.2, 0.25) is 0 Å². The molecule has 0 heterocycles. The summed E-state index contributed by atoms with van der Waals surface area (Å²) in [5, 5.41) is 21.0. The third-order valence-corrected chi connectivity index (χ3v) is 0.986. The molecule has 0 aromatic carbocycles. The Morgan fingerprint density at radius 3 is 1.38 bits per heavy atom. The standard InChI is InChI=1S/C6H14N3.2CHNS.Cu/c7-3-1-5-9-6-2-4-8;2*2-1-3;/h7-8H,1-6H2;2*3H;/q-3;;;/p-2. The summed E-state index contributed by atoms with van der Waals surface area (Å²) in [5.74, 6) is 0. The second kappa shape index (κ2) is 36.4. The van der Waals surface area contributed by atoms with Crippen LogP contribution in [-0.4, -0.2) is 26.2 Å². The molecule has 0 saturated carbocycles. The monoisotopic (exact) mass is 307 g/mol. The van der Waals surface area contributed by atoms with Crippen molar-refractivity contribution < 1.29 is 17.1 Å². The second-order valence-corrected chi connectivity index (χ2v) is 2.43. The molecule has 0 aliphatic rings. The molecule has 0 aliphatic heterocycles. The van der Waals surface area contributed by atoms with E-state index in [0.29, 0.717) is 13.1 Å². The van der Waals surface area contributed by atoms with Gasteiger partial charge in [0.05, 0.1) is 0 Å². The second-order valence-electron chi connectivity index (χ2n) is 2.06. The fourth-order valence-corrected chi connectivity index (χ4v) is 0.494. The Morgan fingerprint density at radius 2 is 1.19 bits per heavy atom. The van der Waals surface area contributed by atoms with Crippen LogP contribution in [0.3, 0.4) is 0 Å². The Kier molecular flexibility index (Phi) is 56.6. The van der Waals surface area contributed by atoms with Crippen molar-refractivity contribution in [3.8, 4) is 10.8 Å². The summed E-state index contributed by atoms with van der Waals surface area (Å²) in [5.41, 5.74) is 13.6. The fourth-order valence-electron chi connectivity index (χ4n) is 0.494. The van der Waals surface area contributed by atoms with Gasteiger partial charge in [-0.25, -0.2) is 10.5 Å². The number of nitriles is 2. The van der Waals surface area contributed by atoms with Crippen LogP contribution in [0, 0.1) is 21.3 Å². The minimum atomic E-state index is 0. The maximum absolute atomic E-state index is 7.13. The Labute approximate surface area is 119 Å². The summed E-state index contributed by atoms with van der Waals surface area (Å²) >= 11 is 7.40. The average Bonchev–Trinajstić information content (AvgIpc) is 2.20. The third kappa shape index (κ3) is 67.1. The first-order chi connectivity index (χ1) is 7.24. The minimum Gasteiger partial charge on any atom is -0.696 e. The maximum atomic E-state index is 7.13. The van der Waals surface area contributed by atoms with E-state index in [0.717, 1.165) is 25.9 Å². The van der Waals surface area contributed by atoms with Crippen molar-refractivity contribution in [2.24, 2.45) is 0 Å². The molecular weight excluding hydrogens is 294 g/mol. The summed E-state index contributed by atoms with van der Waals surface area (Å²) in [6.45, 7) is 2.57. The van der Waals surface area contributed by atoms with Gasteiger partial charge in [0.25, 0.3) is 0 Å². The van der Waals surface area contributed by atoms with E-state index in [-0.39, 0.29) is 17.1 Å². The number of nitrogens with one attached hydrogen (secondary N) is 2. The van der Waals surface area contributed by atoms with Crippen molar-refractivity contribution >= 4 is 25.3 Å². The van der Waals surface area contributed by atoms with E-state index in [1.807, 2.05) is 0 Å². The number of hydrogen-bond acceptors (Lipinski definition) is 4. The molecule has 0 unspecified atom stereocenters. The molecular formula is C8H14CuN5S2-5. The maximum Gasteiger partial charge on any atom is 0 e. The molecule has 0 bridgehead atoms.